The summed E-state index contributed by atoms with van der Waals surface area (Å²) < 4.78 is 1.64. The van der Waals surface area contributed by atoms with Crippen LogP contribution in [-0.2, 0) is 11.8 Å². The lowest BCUT2D eigenvalue weighted by molar-refractivity contribution is 0.475. The molecule has 0 bridgehead atoms. The summed E-state index contributed by atoms with van der Waals surface area (Å²) in [4.78, 5) is 20.4. The van der Waals surface area contributed by atoms with Crippen molar-refractivity contribution < 1.29 is 5.11 Å². The predicted octanol–water partition coefficient (Wildman–Crippen LogP) is 3.41. The van der Waals surface area contributed by atoms with Crippen molar-refractivity contribution in [2.24, 2.45) is 0 Å². The molecule has 0 radical (unpaired) electrons. The first-order valence-corrected chi connectivity index (χ1v) is 10.1. The number of phenolic OH excluding ortho intramolecular Hbond substituents is 1. The van der Waals surface area contributed by atoms with Gasteiger partial charge in [0.05, 0.1) is 16.7 Å². The van der Waals surface area contributed by atoms with Crippen molar-refractivity contribution >= 4 is 17.0 Å². The van der Waals surface area contributed by atoms with E-state index in [0.29, 0.717) is 5.82 Å². The summed E-state index contributed by atoms with van der Waals surface area (Å²) in [5, 5.41) is 14.3. The molecule has 0 saturated carbocycles. The van der Waals surface area contributed by atoms with Gasteiger partial charge in [-0.3, -0.25) is 0 Å². The summed E-state index contributed by atoms with van der Waals surface area (Å²) in [7, 11) is 0. The van der Waals surface area contributed by atoms with Crippen molar-refractivity contribution in [2.75, 3.05) is 5.73 Å². The van der Waals surface area contributed by atoms with E-state index >= 15 is 0 Å². The van der Waals surface area contributed by atoms with Crippen molar-refractivity contribution in [3.8, 4) is 22.8 Å². The molecule has 0 spiro atoms. The van der Waals surface area contributed by atoms with Crippen LogP contribution >= 0.6 is 0 Å². The fourth-order valence-corrected chi connectivity index (χ4v) is 3.87. The Bertz CT molecular complexity index is 1390. The predicted molar refractivity (Wildman–Crippen MR) is 121 cm³/mol. The van der Waals surface area contributed by atoms with E-state index < -0.39 is 0 Å². The Morgan fingerprint density at radius 2 is 1.91 bits per heavy atom. The Balaban J connectivity index is 1.53. The highest BCUT2D eigenvalue weighted by atomic mass is 16.3. The molecule has 5 rings (SSSR count). The minimum absolute atomic E-state index is 0.150. The van der Waals surface area contributed by atoms with Gasteiger partial charge in [0.1, 0.15) is 24.2 Å². The zero-order valence-corrected chi connectivity index (χ0v) is 17.7. The second-order valence-electron chi connectivity index (χ2n) is 8.37. The van der Waals surface area contributed by atoms with E-state index in [9.17, 15) is 5.11 Å². The van der Waals surface area contributed by atoms with Gasteiger partial charge in [0, 0.05) is 18.0 Å². The maximum absolute atomic E-state index is 10.1. The number of rotatable bonds is 5. The summed E-state index contributed by atoms with van der Waals surface area (Å²) in [5.41, 5.74) is 10.9. The molecule has 0 amide bonds. The van der Waals surface area contributed by atoms with Crippen LogP contribution in [0.4, 0.5) is 5.95 Å². The maximum atomic E-state index is 10.1. The topological polar surface area (TPSA) is 131 Å². The van der Waals surface area contributed by atoms with Gasteiger partial charge in [-0.1, -0.05) is 19.9 Å². The molecule has 32 heavy (non-hydrogen) atoms. The summed E-state index contributed by atoms with van der Waals surface area (Å²) in [6, 6.07) is 11.3. The van der Waals surface area contributed by atoms with Crippen molar-refractivity contribution in [3.63, 3.8) is 0 Å². The molecule has 0 aliphatic rings. The zero-order chi connectivity index (χ0) is 22.3. The van der Waals surface area contributed by atoms with Gasteiger partial charge < -0.3 is 15.8 Å². The third kappa shape index (κ3) is 3.64. The number of aromatic amines is 1. The Morgan fingerprint density at radius 1 is 1.09 bits per heavy atom. The molecule has 4 N–H and O–H groups in total. The number of hydrogen-bond acceptors (Lipinski definition) is 7. The van der Waals surface area contributed by atoms with Gasteiger partial charge in [-0.15, -0.1) is 0 Å². The van der Waals surface area contributed by atoms with E-state index in [4.69, 9.17) is 10.7 Å². The molecule has 0 saturated heterocycles. The van der Waals surface area contributed by atoms with Crippen LogP contribution < -0.4 is 5.73 Å². The number of nitrogens with zero attached hydrogens (tertiary/aromatic N) is 6. The number of H-pyrrole nitrogens is 1. The fourth-order valence-electron chi connectivity index (χ4n) is 3.87. The summed E-state index contributed by atoms with van der Waals surface area (Å²) in [6.07, 6.45) is 7.38. The van der Waals surface area contributed by atoms with Crippen LogP contribution in [0.3, 0.4) is 0 Å². The molecular weight excluding hydrogens is 404 g/mol. The third-order valence-corrected chi connectivity index (χ3v) is 5.54. The molecule has 0 atom stereocenters. The third-order valence-electron chi connectivity index (χ3n) is 5.54. The number of nitrogens with one attached hydrogen (secondary N) is 1. The van der Waals surface area contributed by atoms with Crippen LogP contribution in [0.5, 0.6) is 5.75 Å². The first kappa shape index (κ1) is 19.7. The van der Waals surface area contributed by atoms with Gasteiger partial charge in [-0.05, 0) is 53.3 Å². The Morgan fingerprint density at radius 3 is 2.66 bits per heavy atom. The average molecular weight is 426 g/mol. The number of hydrogen-bond donors (Lipinski definition) is 3. The second kappa shape index (κ2) is 7.45. The highest BCUT2D eigenvalue weighted by Gasteiger charge is 2.23. The molecule has 9 nitrogen and oxygen atoms in total. The number of benzene rings is 2. The second-order valence-corrected chi connectivity index (χ2v) is 8.37. The van der Waals surface area contributed by atoms with E-state index in [1.165, 1.54) is 6.33 Å². The number of aromatic hydroxyl groups is 1. The van der Waals surface area contributed by atoms with Crippen LogP contribution in [0.1, 0.15) is 25.0 Å². The number of anilines is 1. The molecule has 160 valence electrons. The zero-order valence-electron chi connectivity index (χ0n) is 17.7. The number of fused-ring (bicyclic) bond motifs is 1. The van der Waals surface area contributed by atoms with Gasteiger partial charge in [-0.2, -0.15) is 5.10 Å². The van der Waals surface area contributed by atoms with Crippen molar-refractivity contribution in [3.05, 3.63) is 72.6 Å². The van der Waals surface area contributed by atoms with Crippen LogP contribution in [0.25, 0.3) is 28.1 Å². The highest BCUT2D eigenvalue weighted by Crippen LogP contribution is 2.32. The van der Waals surface area contributed by atoms with Crippen molar-refractivity contribution in [1.82, 2.24) is 34.7 Å². The minimum Gasteiger partial charge on any atom is -0.508 e. The van der Waals surface area contributed by atoms with E-state index in [0.717, 1.165) is 39.8 Å². The van der Waals surface area contributed by atoms with Crippen LogP contribution in [0, 0.1) is 0 Å². The minimum atomic E-state index is -0.157. The Labute approximate surface area is 184 Å². The molecule has 0 aliphatic heterocycles. The Kier molecular flexibility index (Phi) is 4.58. The number of imidazole rings is 1. The lowest BCUT2D eigenvalue weighted by Crippen LogP contribution is -2.20. The molecule has 3 aromatic heterocycles. The van der Waals surface area contributed by atoms with Gasteiger partial charge in [0.25, 0.3) is 0 Å². The van der Waals surface area contributed by atoms with Crippen LogP contribution in [0.15, 0.2) is 61.4 Å². The number of phenols is 1. The smallest absolute Gasteiger partial charge is 0.219 e. The van der Waals surface area contributed by atoms with Crippen molar-refractivity contribution in [2.45, 2.75) is 25.7 Å². The summed E-state index contributed by atoms with van der Waals surface area (Å²) in [6.45, 7) is 4.36. The molecule has 5 aromatic rings. The molecule has 0 fully saturated rings. The molecule has 0 aliphatic carbocycles. The van der Waals surface area contributed by atoms with Crippen LogP contribution in [-0.4, -0.2) is 39.8 Å². The van der Waals surface area contributed by atoms with Gasteiger partial charge >= 0.3 is 0 Å². The van der Waals surface area contributed by atoms with E-state index in [2.05, 4.69) is 51.0 Å². The monoisotopic (exact) mass is 426 g/mol. The molecule has 2 aromatic carbocycles. The number of aromatic nitrogens is 7. The maximum Gasteiger partial charge on any atom is 0.219 e. The molecule has 9 heteroatoms. The lowest BCUT2D eigenvalue weighted by Gasteiger charge is -2.25. The summed E-state index contributed by atoms with van der Waals surface area (Å²) in [5.74, 6) is 1.07. The van der Waals surface area contributed by atoms with Crippen molar-refractivity contribution in [1.29, 1.82) is 0 Å². The van der Waals surface area contributed by atoms with E-state index in [1.54, 1.807) is 41.6 Å². The number of nitrogens with two attached hydrogens (primary N) is 1. The number of nitrogen functional groups attached to an aromatic ring is 1. The van der Waals surface area contributed by atoms with Crippen LogP contribution in [0.2, 0.25) is 0 Å². The molecular formula is C23H22N8O. The average Bonchev–Trinajstić information content (AvgIpc) is 3.44. The largest absolute Gasteiger partial charge is 0.508 e. The van der Waals surface area contributed by atoms with Gasteiger partial charge in [0.2, 0.25) is 5.95 Å². The first-order chi connectivity index (χ1) is 15.4. The quantitative estimate of drug-likeness (QED) is 0.392. The fraction of sp³-hybridized carbons (Fsp3) is 0.174. The van der Waals surface area contributed by atoms with E-state index in [1.807, 2.05) is 6.07 Å². The SMILES string of the molecule is CC(C)(Cc1cnc(N)nc1)c1ccc2nc(-c3cc(O)ccc3-n3cncn3)[nH]c2c1. The normalized spacial score (nSPS) is 11.8. The molecule has 0 unspecified atom stereocenters. The lowest BCUT2D eigenvalue weighted by atomic mass is 9.79. The molecule has 3 heterocycles. The Hall–Kier alpha value is -4.27. The van der Waals surface area contributed by atoms with Gasteiger partial charge in [-0.25, -0.2) is 24.6 Å². The highest BCUT2D eigenvalue weighted by molar-refractivity contribution is 5.82. The summed E-state index contributed by atoms with van der Waals surface area (Å²) >= 11 is 0. The first-order valence-electron chi connectivity index (χ1n) is 10.1. The van der Waals surface area contributed by atoms with E-state index in [-0.39, 0.29) is 17.1 Å². The standard InChI is InChI=1S/C23H22N8O/c1-23(2,9-14-10-26-22(24)27-11-14)15-3-5-18-19(7-15)30-21(29-18)17-8-16(32)4-6-20(17)31-13-25-12-28-31/h3-8,10-13,32H,9H2,1-2H3,(H,29,30)(H2,24,26,27). The van der Waals surface area contributed by atoms with Gasteiger partial charge in [0.15, 0.2) is 0 Å².